The van der Waals surface area contributed by atoms with Crippen molar-refractivity contribution in [2.24, 2.45) is 0 Å². The first-order valence-electron chi connectivity index (χ1n) is 6.49. The molecule has 0 heterocycles. The summed E-state index contributed by atoms with van der Waals surface area (Å²) in [6.07, 6.45) is 0. The highest BCUT2D eigenvalue weighted by atomic mass is 32.2. The maximum atomic E-state index is 13.5. The molecule has 0 aliphatic rings. The molecule has 0 amide bonds. The molecule has 0 saturated carbocycles. The number of carbonyl (C=O) groups is 1. The zero-order chi connectivity index (χ0) is 17.0. The normalized spacial score (nSPS) is 11.2. The van der Waals surface area contributed by atoms with Crippen molar-refractivity contribution in [3.63, 3.8) is 0 Å². The molecule has 0 atom stereocenters. The molecule has 2 rings (SSSR count). The van der Waals surface area contributed by atoms with Crippen molar-refractivity contribution in [3.05, 3.63) is 59.4 Å². The van der Waals surface area contributed by atoms with Gasteiger partial charge in [-0.3, -0.25) is 0 Å². The van der Waals surface area contributed by atoms with E-state index in [2.05, 4.69) is 4.72 Å². The average molecular weight is 339 g/mol. The summed E-state index contributed by atoms with van der Waals surface area (Å²) in [5.74, 6) is -1.81. The highest BCUT2D eigenvalue weighted by Gasteiger charge is 2.21. The summed E-state index contributed by atoms with van der Waals surface area (Å²) in [7, 11) is -2.81. The molecule has 122 valence electrons. The van der Waals surface area contributed by atoms with E-state index in [0.29, 0.717) is 0 Å². The summed E-state index contributed by atoms with van der Waals surface area (Å²) in [6, 6.07) is 9.21. The monoisotopic (exact) mass is 339 g/mol. The lowest BCUT2D eigenvalue weighted by atomic mass is 10.2. The van der Waals surface area contributed by atoms with Gasteiger partial charge in [0.15, 0.2) is 0 Å². The second-order valence-corrected chi connectivity index (χ2v) is 6.32. The Labute approximate surface area is 132 Å². The van der Waals surface area contributed by atoms with Crippen LogP contribution in [-0.2, 0) is 16.6 Å². The number of nitrogens with one attached hydrogen (secondary N) is 1. The van der Waals surface area contributed by atoms with Gasteiger partial charge in [-0.05, 0) is 24.3 Å². The molecular weight excluding hydrogens is 325 g/mol. The molecule has 0 saturated heterocycles. The minimum Gasteiger partial charge on any atom is -0.495 e. The number of halogens is 1. The molecule has 0 bridgehead atoms. The van der Waals surface area contributed by atoms with Gasteiger partial charge in [0.05, 0.1) is 12.7 Å². The van der Waals surface area contributed by atoms with Gasteiger partial charge < -0.3 is 9.84 Å². The van der Waals surface area contributed by atoms with Crippen molar-refractivity contribution >= 4 is 16.0 Å². The van der Waals surface area contributed by atoms with Crippen LogP contribution in [0.15, 0.2) is 47.4 Å². The first-order valence-corrected chi connectivity index (χ1v) is 7.98. The largest absolute Gasteiger partial charge is 0.495 e. The smallest absolute Gasteiger partial charge is 0.335 e. The molecule has 0 aliphatic heterocycles. The molecule has 8 heteroatoms. The minimum atomic E-state index is -4.08. The van der Waals surface area contributed by atoms with Gasteiger partial charge >= 0.3 is 5.97 Å². The van der Waals surface area contributed by atoms with Crippen LogP contribution in [0.1, 0.15) is 15.9 Å². The van der Waals surface area contributed by atoms with E-state index < -0.39 is 21.8 Å². The zero-order valence-electron chi connectivity index (χ0n) is 12.1. The second kappa shape index (κ2) is 6.76. The predicted octanol–water partition coefficient (Wildman–Crippen LogP) is 2.01. The highest BCUT2D eigenvalue weighted by molar-refractivity contribution is 7.89. The Bertz CT molecular complexity index is 836. The number of aromatic carboxylic acids is 1. The van der Waals surface area contributed by atoms with E-state index in [9.17, 15) is 17.6 Å². The number of hydrogen-bond donors (Lipinski definition) is 2. The van der Waals surface area contributed by atoms with Crippen LogP contribution in [-0.4, -0.2) is 26.6 Å². The molecular formula is C15H14FNO5S. The van der Waals surface area contributed by atoms with E-state index in [0.717, 1.165) is 6.07 Å². The van der Waals surface area contributed by atoms with Gasteiger partial charge in [0.2, 0.25) is 10.0 Å². The second-order valence-electron chi connectivity index (χ2n) is 4.59. The van der Waals surface area contributed by atoms with Crippen LogP contribution in [0.4, 0.5) is 4.39 Å². The molecule has 0 radical (unpaired) electrons. The first kappa shape index (κ1) is 16.9. The lowest BCUT2D eigenvalue weighted by Gasteiger charge is -2.12. The number of methoxy groups -OCH3 is 1. The maximum absolute atomic E-state index is 13.5. The van der Waals surface area contributed by atoms with Gasteiger partial charge in [0.1, 0.15) is 16.5 Å². The fourth-order valence-corrected chi connectivity index (χ4v) is 3.11. The van der Waals surface area contributed by atoms with Crippen molar-refractivity contribution in [1.82, 2.24) is 4.72 Å². The maximum Gasteiger partial charge on any atom is 0.335 e. The molecule has 6 nitrogen and oxygen atoms in total. The predicted molar refractivity (Wildman–Crippen MR) is 80.4 cm³/mol. The third-order valence-corrected chi connectivity index (χ3v) is 4.53. The fourth-order valence-electron chi connectivity index (χ4n) is 1.91. The number of sulfonamides is 1. The van der Waals surface area contributed by atoms with Crippen LogP contribution in [0.25, 0.3) is 0 Å². The summed E-state index contributed by atoms with van der Waals surface area (Å²) in [5.41, 5.74) is -0.0264. The molecule has 2 aromatic carbocycles. The summed E-state index contributed by atoms with van der Waals surface area (Å²) < 4.78 is 45.5. The summed E-state index contributed by atoms with van der Waals surface area (Å²) in [4.78, 5) is 10.7. The summed E-state index contributed by atoms with van der Waals surface area (Å²) in [6.45, 7) is -0.268. The number of rotatable bonds is 6. The Morgan fingerprint density at radius 2 is 1.96 bits per heavy atom. The third kappa shape index (κ3) is 3.85. The van der Waals surface area contributed by atoms with E-state index >= 15 is 0 Å². The van der Waals surface area contributed by atoms with E-state index in [1.807, 2.05) is 0 Å². The number of ether oxygens (including phenoxy) is 1. The Kier molecular flexibility index (Phi) is 4.97. The Hall–Kier alpha value is -2.45. The van der Waals surface area contributed by atoms with Gasteiger partial charge in [0.25, 0.3) is 0 Å². The minimum absolute atomic E-state index is 0.00367. The molecule has 0 aromatic heterocycles. The Morgan fingerprint density at radius 3 is 2.57 bits per heavy atom. The third-order valence-electron chi connectivity index (χ3n) is 3.11. The Balaban J connectivity index is 2.33. The molecule has 2 N–H and O–H groups in total. The van der Waals surface area contributed by atoms with Crippen molar-refractivity contribution in [2.45, 2.75) is 11.4 Å². The molecule has 23 heavy (non-hydrogen) atoms. The standard InChI is InChI=1S/C15H14FNO5S/c1-22-13-7-6-10(15(18)19)8-14(13)23(20,21)17-9-11-4-2-3-5-12(11)16/h2-8,17H,9H2,1H3,(H,18,19). The van der Waals surface area contributed by atoms with E-state index in [-0.39, 0.29) is 28.3 Å². The Morgan fingerprint density at radius 1 is 1.26 bits per heavy atom. The van der Waals surface area contributed by atoms with Crippen LogP contribution in [0.2, 0.25) is 0 Å². The SMILES string of the molecule is COc1ccc(C(=O)O)cc1S(=O)(=O)NCc1ccccc1F. The number of carboxylic acid groups (broad SMARTS) is 1. The van der Waals surface area contributed by atoms with Crippen molar-refractivity contribution in [1.29, 1.82) is 0 Å². The number of carboxylic acids is 1. The number of hydrogen-bond acceptors (Lipinski definition) is 4. The lowest BCUT2D eigenvalue weighted by Crippen LogP contribution is -2.24. The molecule has 0 fully saturated rings. The lowest BCUT2D eigenvalue weighted by molar-refractivity contribution is 0.0696. The van der Waals surface area contributed by atoms with Crippen LogP contribution < -0.4 is 9.46 Å². The van der Waals surface area contributed by atoms with Gasteiger partial charge in [-0.25, -0.2) is 22.3 Å². The molecule has 2 aromatic rings. The van der Waals surface area contributed by atoms with Crippen molar-refractivity contribution in [3.8, 4) is 5.75 Å². The van der Waals surface area contributed by atoms with E-state index in [4.69, 9.17) is 9.84 Å². The van der Waals surface area contributed by atoms with E-state index in [1.54, 1.807) is 6.07 Å². The van der Waals surface area contributed by atoms with Gasteiger partial charge in [-0.2, -0.15) is 0 Å². The van der Waals surface area contributed by atoms with Crippen molar-refractivity contribution in [2.75, 3.05) is 7.11 Å². The molecule has 0 aliphatic carbocycles. The number of benzene rings is 2. The van der Waals surface area contributed by atoms with Gasteiger partial charge in [-0.1, -0.05) is 18.2 Å². The topological polar surface area (TPSA) is 92.7 Å². The first-order chi connectivity index (χ1) is 10.8. The van der Waals surface area contributed by atoms with Crippen LogP contribution in [0, 0.1) is 5.82 Å². The summed E-state index contributed by atoms with van der Waals surface area (Å²) >= 11 is 0. The van der Waals surface area contributed by atoms with E-state index in [1.165, 1.54) is 37.4 Å². The van der Waals surface area contributed by atoms with Crippen LogP contribution in [0.3, 0.4) is 0 Å². The highest BCUT2D eigenvalue weighted by Crippen LogP contribution is 2.25. The van der Waals surface area contributed by atoms with Gasteiger partial charge in [-0.15, -0.1) is 0 Å². The quantitative estimate of drug-likeness (QED) is 0.840. The summed E-state index contributed by atoms with van der Waals surface area (Å²) in [5, 5.41) is 8.98. The average Bonchev–Trinajstić information content (AvgIpc) is 2.53. The van der Waals surface area contributed by atoms with Crippen LogP contribution in [0.5, 0.6) is 5.75 Å². The van der Waals surface area contributed by atoms with Gasteiger partial charge in [0, 0.05) is 12.1 Å². The zero-order valence-corrected chi connectivity index (χ0v) is 12.9. The van der Waals surface area contributed by atoms with Crippen LogP contribution >= 0.6 is 0 Å². The molecule has 0 unspecified atom stereocenters. The fraction of sp³-hybridized carbons (Fsp3) is 0.133. The molecule has 0 spiro atoms. The van der Waals surface area contributed by atoms with Crippen molar-refractivity contribution < 1.29 is 27.4 Å².